The zero-order valence-electron chi connectivity index (χ0n) is 4.39. The molecule has 0 fully saturated rings. The van der Waals surface area contributed by atoms with Gasteiger partial charge in [-0.25, -0.2) is 0 Å². The summed E-state index contributed by atoms with van der Waals surface area (Å²) in [6, 6.07) is 0. The molecule has 0 unspecified atom stereocenters. The Balaban J connectivity index is 3.09. The number of aliphatic hydroxyl groups is 1. The Kier molecular flexibility index (Phi) is 5.00. The second-order valence-corrected chi connectivity index (χ2v) is 1.05. The number of hydrogen-bond donors (Lipinski definition) is 1. The van der Waals surface area contributed by atoms with Crippen LogP contribution in [0, 0.1) is 6.08 Å². The summed E-state index contributed by atoms with van der Waals surface area (Å²) in [4.78, 5) is 0. The van der Waals surface area contributed by atoms with Gasteiger partial charge in [-0.05, 0) is 13.0 Å². The van der Waals surface area contributed by atoms with Gasteiger partial charge in [0.05, 0.1) is 6.61 Å². The Labute approximate surface area is 44.0 Å². The van der Waals surface area contributed by atoms with E-state index < -0.39 is 0 Å². The molecule has 0 bridgehead atoms. The zero-order valence-corrected chi connectivity index (χ0v) is 4.39. The summed E-state index contributed by atoms with van der Waals surface area (Å²) in [6.07, 6.45) is 7.88. The molecule has 1 radical (unpaired) electrons. The van der Waals surface area contributed by atoms with E-state index in [1.807, 2.05) is 13.0 Å². The van der Waals surface area contributed by atoms with E-state index in [2.05, 4.69) is 6.08 Å². The molecule has 39 valence electrons. The number of hydrogen-bond acceptors (Lipinski definition) is 1. The zero-order chi connectivity index (χ0) is 5.54. The summed E-state index contributed by atoms with van der Waals surface area (Å²) in [6.45, 7) is 1.97. The second-order valence-electron chi connectivity index (χ2n) is 1.05. The first-order valence-electron chi connectivity index (χ1n) is 2.21. The molecular weight excluding hydrogens is 88.1 g/mol. The SMILES string of the molecule is CC=C[C]=CCO. The standard InChI is InChI=1S/C6H9O/c1-2-3-4-5-6-7/h2-3,5,7H,6H2,1H3. The highest BCUT2D eigenvalue weighted by Crippen LogP contribution is 1.70. The third kappa shape index (κ3) is 5.44. The molecule has 0 saturated heterocycles. The molecule has 0 aliphatic carbocycles. The van der Waals surface area contributed by atoms with Gasteiger partial charge in [-0.15, -0.1) is 0 Å². The van der Waals surface area contributed by atoms with Crippen LogP contribution >= 0.6 is 0 Å². The average molecular weight is 97.1 g/mol. The van der Waals surface area contributed by atoms with Crippen LogP contribution in [0.5, 0.6) is 0 Å². The smallest absolute Gasteiger partial charge is 0.0621 e. The maximum atomic E-state index is 8.14. The summed E-state index contributed by atoms with van der Waals surface area (Å²) in [7, 11) is 0. The lowest BCUT2D eigenvalue weighted by Crippen LogP contribution is -1.67. The number of rotatable bonds is 2. The fourth-order valence-corrected chi connectivity index (χ4v) is 0.217. The van der Waals surface area contributed by atoms with Gasteiger partial charge in [0.2, 0.25) is 0 Å². The normalized spacial score (nSPS) is 11.7. The van der Waals surface area contributed by atoms with Crippen LogP contribution in [0.4, 0.5) is 0 Å². The monoisotopic (exact) mass is 97.1 g/mol. The lowest BCUT2D eigenvalue weighted by molar-refractivity contribution is 0.342. The first-order valence-corrected chi connectivity index (χ1v) is 2.21. The van der Waals surface area contributed by atoms with Gasteiger partial charge in [-0.2, -0.15) is 0 Å². The van der Waals surface area contributed by atoms with Crippen molar-refractivity contribution >= 4 is 0 Å². The van der Waals surface area contributed by atoms with E-state index in [-0.39, 0.29) is 6.61 Å². The van der Waals surface area contributed by atoms with E-state index in [4.69, 9.17) is 5.11 Å². The van der Waals surface area contributed by atoms with Gasteiger partial charge in [-0.3, -0.25) is 0 Å². The van der Waals surface area contributed by atoms with E-state index in [9.17, 15) is 0 Å². The fourth-order valence-electron chi connectivity index (χ4n) is 0.217. The molecule has 0 aromatic carbocycles. The molecule has 7 heavy (non-hydrogen) atoms. The van der Waals surface area contributed by atoms with Crippen molar-refractivity contribution in [2.24, 2.45) is 0 Å². The van der Waals surface area contributed by atoms with Crippen LogP contribution in [0.1, 0.15) is 6.92 Å². The Morgan fingerprint density at radius 3 is 2.86 bits per heavy atom. The maximum Gasteiger partial charge on any atom is 0.0621 e. The van der Waals surface area contributed by atoms with Crippen molar-refractivity contribution in [2.75, 3.05) is 6.61 Å². The predicted molar refractivity (Wildman–Crippen MR) is 29.7 cm³/mol. The van der Waals surface area contributed by atoms with E-state index in [0.717, 1.165) is 0 Å². The molecule has 0 saturated carbocycles. The van der Waals surface area contributed by atoms with Crippen LogP contribution in [0.15, 0.2) is 18.2 Å². The second kappa shape index (κ2) is 5.44. The molecule has 0 atom stereocenters. The molecule has 0 aliphatic rings. The van der Waals surface area contributed by atoms with Crippen LogP contribution < -0.4 is 0 Å². The highest BCUT2D eigenvalue weighted by atomic mass is 16.2. The topological polar surface area (TPSA) is 20.2 Å². The molecule has 1 nitrogen and oxygen atoms in total. The number of allylic oxidation sites excluding steroid dienone is 3. The molecule has 0 aromatic rings. The highest BCUT2D eigenvalue weighted by Gasteiger charge is 1.59. The van der Waals surface area contributed by atoms with Crippen molar-refractivity contribution in [1.82, 2.24) is 0 Å². The van der Waals surface area contributed by atoms with Crippen molar-refractivity contribution in [3.05, 3.63) is 24.3 Å². The van der Waals surface area contributed by atoms with Crippen LogP contribution in [0.3, 0.4) is 0 Å². The summed E-state index contributed by atoms with van der Waals surface area (Å²) < 4.78 is 0. The molecule has 0 rings (SSSR count). The average Bonchev–Trinajstić information content (AvgIpc) is 1.69. The van der Waals surface area contributed by atoms with Crippen molar-refractivity contribution < 1.29 is 5.11 Å². The van der Waals surface area contributed by atoms with Crippen LogP contribution in [-0.2, 0) is 0 Å². The van der Waals surface area contributed by atoms with Gasteiger partial charge in [0.15, 0.2) is 0 Å². The number of aliphatic hydroxyl groups excluding tert-OH is 1. The summed E-state index contributed by atoms with van der Waals surface area (Å²) in [5, 5.41) is 8.14. The molecule has 1 N–H and O–H groups in total. The van der Waals surface area contributed by atoms with Crippen LogP contribution in [-0.4, -0.2) is 11.7 Å². The highest BCUT2D eigenvalue weighted by molar-refractivity contribution is 4.92. The minimum absolute atomic E-state index is 0.0737. The third-order valence-corrected chi connectivity index (χ3v) is 0.472. The lowest BCUT2D eigenvalue weighted by atomic mass is 10.4. The Bertz CT molecular complexity index is 72.2. The largest absolute Gasteiger partial charge is 0.392 e. The minimum atomic E-state index is 0.0737. The summed E-state index contributed by atoms with van der Waals surface area (Å²) >= 11 is 0. The summed E-state index contributed by atoms with van der Waals surface area (Å²) in [5.74, 6) is 0. The van der Waals surface area contributed by atoms with Crippen molar-refractivity contribution in [3.63, 3.8) is 0 Å². The van der Waals surface area contributed by atoms with Gasteiger partial charge in [0, 0.05) is 0 Å². The molecule has 0 aromatic heterocycles. The Hall–Kier alpha value is -0.560. The Morgan fingerprint density at radius 2 is 2.43 bits per heavy atom. The van der Waals surface area contributed by atoms with Gasteiger partial charge in [-0.1, -0.05) is 18.2 Å². The molecule has 0 heterocycles. The first-order chi connectivity index (χ1) is 3.41. The molecular formula is C6H9O. The fraction of sp³-hybridized carbons (Fsp3) is 0.333. The van der Waals surface area contributed by atoms with E-state index in [1.165, 1.54) is 0 Å². The third-order valence-electron chi connectivity index (χ3n) is 0.472. The van der Waals surface area contributed by atoms with E-state index in [1.54, 1.807) is 12.2 Å². The minimum Gasteiger partial charge on any atom is -0.392 e. The molecule has 0 spiro atoms. The lowest BCUT2D eigenvalue weighted by Gasteiger charge is -1.69. The van der Waals surface area contributed by atoms with Gasteiger partial charge in [0.1, 0.15) is 0 Å². The van der Waals surface area contributed by atoms with Crippen LogP contribution in [0.2, 0.25) is 0 Å². The first kappa shape index (κ1) is 6.44. The quantitative estimate of drug-likeness (QED) is 0.508. The Morgan fingerprint density at radius 1 is 1.71 bits per heavy atom. The van der Waals surface area contributed by atoms with E-state index in [0.29, 0.717) is 0 Å². The van der Waals surface area contributed by atoms with Crippen molar-refractivity contribution in [3.8, 4) is 0 Å². The molecule has 0 amide bonds. The van der Waals surface area contributed by atoms with Crippen molar-refractivity contribution in [2.45, 2.75) is 6.92 Å². The van der Waals surface area contributed by atoms with Gasteiger partial charge in [0.25, 0.3) is 0 Å². The van der Waals surface area contributed by atoms with E-state index >= 15 is 0 Å². The van der Waals surface area contributed by atoms with Gasteiger partial charge >= 0.3 is 0 Å². The predicted octanol–water partition coefficient (Wildman–Crippen LogP) is 0.914. The molecule has 1 heteroatoms. The van der Waals surface area contributed by atoms with Crippen molar-refractivity contribution in [1.29, 1.82) is 0 Å². The van der Waals surface area contributed by atoms with Gasteiger partial charge < -0.3 is 5.11 Å². The van der Waals surface area contributed by atoms with Crippen LogP contribution in [0.25, 0.3) is 0 Å². The summed E-state index contributed by atoms with van der Waals surface area (Å²) in [5.41, 5.74) is 0. The molecule has 0 aliphatic heterocycles. The maximum absolute atomic E-state index is 8.14.